The zero-order chi connectivity index (χ0) is 29.7. The number of piperidine rings is 1. The summed E-state index contributed by atoms with van der Waals surface area (Å²) >= 11 is 0. The molecular formula is C25H28F5N3O6S. The van der Waals surface area contributed by atoms with Crippen molar-refractivity contribution in [1.29, 1.82) is 0 Å². The molecule has 1 unspecified atom stereocenters. The lowest BCUT2D eigenvalue weighted by molar-refractivity contribution is -0.192. The number of benzene rings is 2. The molecule has 0 spiro atoms. The van der Waals surface area contributed by atoms with Crippen molar-refractivity contribution < 1.29 is 50.2 Å². The molecule has 0 saturated carbocycles. The number of halogens is 5. The third kappa shape index (κ3) is 8.27. The molecule has 15 heteroatoms. The van der Waals surface area contributed by atoms with Gasteiger partial charge in [-0.05, 0) is 81.1 Å². The van der Waals surface area contributed by atoms with E-state index in [0.29, 0.717) is 24.2 Å². The number of aromatic carboxylic acids is 1. The van der Waals surface area contributed by atoms with Crippen LogP contribution in [0.1, 0.15) is 36.0 Å². The summed E-state index contributed by atoms with van der Waals surface area (Å²) in [5.74, 6) is -5.96. The Morgan fingerprint density at radius 2 is 1.60 bits per heavy atom. The van der Waals surface area contributed by atoms with E-state index in [1.165, 1.54) is 25.0 Å². The molecule has 220 valence electrons. The van der Waals surface area contributed by atoms with E-state index in [4.69, 9.17) is 9.90 Å². The van der Waals surface area contributed by atoms with Gasteiger partial charge in [0.15, 0.2) is 11.6 Å². The summed E-state index contributed by atoms with van der Waals surface area (Å²) in [6.45, 7) is 4.62. The SMILES string of the molecule is O=C(O)C(F)(F)F.O=C(O)c1ccc(N2CCCC(CN3CCCC3)C2)c(NS(=O)(=O)c2ccc(F)c(F)c2)c1. The average molecular weight is 594 g/mol. The fourth-order valence-corrected chi connectivity index (χ4v) is 5.71. The Morgan fingerprint density at radius 1 is 0.950 bits per heavy atom. The van der Waals surface area contributed by atoms with E-state index in [9.17, 15) is 40.3 Å². The fourth-order valence-electron chi connectivity index (χ4n) is 4.64. The number of alkyl halides is 3. The van der Waals surface area contributed by atoms with Crippen LogP contribution in [-0.2, 0) is 14.8 Å². The first-order valence-electron chi connectivity index (χ1n) is 12.3. The van der Waals surface area contributed by atoms with Gasteiger partial charge < -0.3 is 20.0 Å². The predicted octanol–water partition coefficient (Wildman–Crippen LogP) is 4.41. The highest BCUT2D eigenvalue weighted by Crippen LogP contribution is 2.33. The second-order valence-electron chi connectivity index (χ2n) is 9.48. The number of aliphatic carboxylic acids is 1. The highest BCUT2D eigenvalue weighted by atomic mass is 32.2. The number of nitrogens with zero attached hydrogens (tertiary/aromatic N) is 2. The summed E-state index contributed by atoms with van der Waals surface area (Å²) in [6, 6.07) is 6.62. The van der Waals surface area contributed by atoms with E-state index >= 15 is 0 Å². The Hall–Kier alpha value is -3.46. The van der Waals surface area contributed by atoms with Crippen LogP contribution < -0.4 is 9.62 Å². The minimum absolute atomic E-state index is 0.0765. The number of anilines is 2. The first kappa shape index (κ1) is 31.1. The van der Waals surface area contributed by atoms with Crippen LogP contribution in [0.2, 0.25) is 0 Å². The summed E-state index contributed by atoms with van der Waals surface area (Å²) in [7, 11) is -4.27. The number of rotatable bonds is 7. The second-order valence-corrected chi connectivity index (χ2v) is 11.2. The van der Waals surface area contributed by atoms with Gasteiger partial charge in [0.05, 0.1) is 21.8 Å². The Kier molecular flexibility index (Phi) is 9.95. The van der Waals surface area contributed by atoms with Crippen molar-refractivity contribution in [2.75, 3.05) is 42.3 Å². The Morgan fingerprint density at radius 3 is 2.17 bits per heavy atom. The molecule has 2 aromatic rings. The molecule has 2 heterocycles. The van der Waals surface area contributed by atoms with E-state index in [1.807, 2.05) is 0 Å². The van der Waals surface area contributed by atoms with Crippen molar-refractivity contribution in [2.24, 2.45) is 5.92 Å². The number of hydrogen-bond acceptors (Lipinski definition) is 6. The topological polar surface area (TPSA) is 127 Å². The van der Waals surface area contributed by atoms with Crippen LogP contribution in [0.3, 0.4) is 0 Å². The van der Waals surface area contributed by atoms with E-state index in [1.54, 1.807) is 6.07 Å². The molecule has 4 rings (SSSR count). The first-order chi connectivity index (χ1) is 18.7. The maximum atomic E-state index is 13.6. The number of carbonyl (C=O) groups is 2. The first-order valence-corrected chi connectivity index (χ1v) is 13.8. The monoisotopic (exact) mass is 593 g/mol. The largest absolute Gasteiger partial charge is 0.490 e. The number of hydrogen-bond donors (Lipinski definition) is 3. The Bertz CT molecular complexity index is 1330. The number of nitrogens with one attached hydrogen (secondary N) is 1. The van der Waals surface area contributed by atoms with Crippen LogP contribution in [0.4, 0.5) is 33.3 Å². The summed E-state index contributed by atoms with van der Waals surface area (Å²) in [5, 5.41) is 16.5. The van der Waals surface area contributed by atoms with Crippen molar-refractivity contribution >= 4 is 33.3 Å². The minimum atomic E-state index is -5.08. The summed E-state index contributed by atoms with van der Waals surface area (Å²) < 4.78 is 86.9. The average Bonchev–Trinajstić information content (AvgIpc) is 3.38. The molecule has 0 amide bonds. The van der Waals surface area contributed by atoms with Gasteiger partial charge in [0.2, 0.25) is 0 Å². The molecule has 0 radical (unpaired) electrons. The zero-order valence-electron chi connectivity index (χ0n) is 21.1. The molecular weight excluding hydrogens is 565 g/mol. The number of carboxylic acids is 2. The van der Waals surface area contributed by atoms with Crippen LogP contribution in [0.5, 0.6) is 0 Å². The lowest BCUT2D eigenvalue weighted by atomic mass is 9.96. The van der Waals surface area contributed by atoms with Crippen molar-refractivity contribution in [3.63, 3.8) is 0 Å². The van der Waals surface area contributed by atoms with E-state index in [0.717, 1.165) is 51.2 Å². The molecule has 1 atom stereocenters. The van der Waals surface area contributed by atoms with E-state index in [-0.39, 0.29) is 11.3 Å². The molecule has 2 saturated heterocycles. The van der Waals surface area contributed by atoms with Crippen LogP contribution in [0.25, 0.3) is 0 Å². The molecule has 0 aliphatic carbocycles. The van der Waals surface area contributed by atoms with Gasteiger partial charge in [-0.15, -0.1) is 0 Å². The molecule has 2 fully saturated rings. The number of carboxylic acid groups (broad SMARTS) is 2. The highest BCUT2D eigenvalue weighted by Gasteiger charge is 2.38. The molecule has 0 aromatic heterocycles. The number of sulfonamides is 1. The van der Waals surface area contributed by atoms with Gasteiger partial charge in [0.25, 0.3) is 10.0 Å². The van der Waals surface area contributed by atoms with Crippen molar-refractivity contribution in [2.45, 2.75) is 36.8 Å². The Balaban J connectivity index is 0.000000559. The maximum Gasteiger partial charge on any atom is 0.490 e. The van der Waals surface area contributed by atoms with Gasteiger partial charge in [0, 0.05) is 19.6 Å². The molecule has 2 aliphatic rings. The lowest BCUT2D eigenvalue weighted by Gasteiger charge is -2.37. The van der Waals surface area contributed by atoms with Gasteiger partial charge in [-0.2, -0.15) is 13.2 Å². The van der Waals surface area contributed by atoms with Gasteiger partial charge >= 0.3 is 18.1 Å². The third-order valence-corrected chi connectivity index (χ3v) is 7.87. The molecule has 3 N–H and O–H groups in total. The standard InChI is InChI=1S/C23H27F2N3O4S.C2HF3O2/c24-19-7-6-18(13-20(19)25)33(31,32)26-21-12-17(23(29)30)5-8-22(21)28-11-3-4-16(15-28)14-27-9-1-2-10-27;3-2(4,5)1(6)7/h5-8,12-13,16,26H,1-4,9-11,14-15H2,(H,29,30);(H,6,7). The molecule has 0 bridgehead atoms. The quantitative estimate of drug-likeness (QED) is 0.403. The lowest BCUT2D eigenvalue weighted by Crippen LogP contribution is -2.40. The molecule has 9 nitrogen and oxygen atoms in total. The van der Waals surface area contributed by atoms with E-state index < -0.39 is 44.7 Å². The van der Waals surface area contributed by atoms with Crippen molar-refractivity contribution in [3.05, 3.63) is 53.6 Å². The van der Waals surface area contributed by atoms with Crippen LogP contribution in [0.15, 0.2) is 41.3 Å². The smallest absolute Gasteiger partial charge is 0.478 e. The molecule has 40 heavy (non-hydrogen) atoms. The fraction of sp³-hybridized carbons (Fsp3) is 0.440. The molecule has 2 aliphatic heterocycles. The normalized spacial score (nSPS) is 18.1. The summed E-state index contributed by atoms with van der Waals surface area (Å²) in [6.07, 6.45) is -0.642. The van der Waals surface area contributed by atoms with Crippen molar-refractivity contribution in [1.82, 2.24) is 4.90 Å². The zero-order valence-corrected chi connectivity index (χ0v) is 21.9. The van der Waals surface area contributed by atoms with Gasteiger partial charge in [-0.3, -0.25) is 4.72 Å². The van der Waals surface area contributed by atoms with Crippen LogP contribution in [0, 0.1) is 17.6 Å². The Labute approximate surface area is 227 Å². The second kappa shape index (κ2) is 12.8. The molecule has 2 aromatic carbocycles. The van der Waals surface area contributed by atoms with E-state index in [2.05, 4.69) is 14.5 Å². The summed E-state index contributed by atoms with van der Waals surface area (Å²) in [4.78, 5) is 24.5. The third-order valence-electron chi connectivity index (χ3n) is 6.51. The predicted molar refractivity (Wildman–Crippen MR) is 135 cm³/mol. The summed E-state index contributed by atoms with van der Waals surface area (Å²) in [5.41, 5.74) is 0.589. The van der Waals surface area contributed by atoms with Crippen LogP contribution in [-0.4, -0.2) is 74.4 Å². The minimum Gasteiger partial charge on any atom is -0.478 e. The van der Waals surface area contributed by atoms with Gasteiger partial charge in [0.1, 0.15) is 0 Å². The van der Waals surface area contributed by atoms with Crippen molar-refractivity contribution in [3.8, 4) is 0 Å². The van der Waals surface area contributed by atoms with Gasteiger partial charge in [-0.1, -0.05) is 0 Å². The van der Waals surface area contributed by atoms with Crippen LogP contribution >= 0.6 is 0 Å². The van der Waals surface area contributed by atoms with Gasteiger partial charge in [-0.25, -0.2) is 26.8 Å². The number of likely N-dealkylation sites (tertiary alicyclic amines) is 1. The highest BCUT2D eigenvalue weighted by molar-refractivity contribution is 7.92. The maximum absolute atomic E-state index is 13.6.